The van der Waals surface area contributed by atoms with Crippen molar-refractivity contribution in [3.05, 3.63) is 12.2 Å². The average Bonchev–Trinajstić information content (AvgIpc) is 2.17. The summed E-state index contributed by atoms with van der Waals surface area (Å²) in [6, 6.07) is 0. The molecule has 0 fully saturated rings. The van der Waals surface area contributed by atoms with Gasteiger partial charge in [0.1, 0.15) is 0 Å². The number of carbonyl (C=O) groups is 1. The third-order valence-corrected chi connectivity index (χ3v) is 1.73. The van der Waals surface area contributed by atoms with Crippen molar-refractivity contribution in [3.63, 3.8) is 0 Å². The molecule has 0 radical (unpaired) electrons. The lowest BCUT2D eigenvalue weighted by atomic mass is 10.2. The van der Waals surface area contributed by atoms with Gasteiger partial charge in [-0.2, -0.15) is 0 Å². The number of carbonyl (C=O) groups excluding carboxylic acids is 1. The van der Waals surface area contributed by atoms with Gasteiger partial charge in [0.25, 0.3) is 0 Å². The van der Waals surface area contributed by atoms with Crippen LogP contribution >= 0.6 is 0 Å². The molecule has 0 N–H and O–H groups in total. The maximum absolute atomic E-state index is 11.4. The summed E-state index contributed by atoms with van der Waals surface area (Å²) in [5, 5.41) is 0. The highest BCUT2D eigenvalue weighted by Crippen LogP contribution is 2.04. The van der Waals surface area contributed by atoms with Crippen molar-refractivity contribution in [3.8, 4) is 0 Å². The zero-order chi connectivity index (χ0) is 10.8. The summed E-state index contributed by atoms with van der Waals surface area (Å²) >= 11 is 0. The Morgan fingerprint density at radius 3 is 2.64 bits per heavy atom. The molecule has 0 heterocycles. The summed E-state index contributed by atoms with van der Waals surface area (Å²) in [5.41, 5.74) is 0. The van der Waals surface area contributed by atoms with Crippen molar-refractivity contribution in [2.24, 2.45) is 0 Å². The second kappa shape index (κ2) is 8.75. The van der Waals surface area contributed by atoms with Crippen LogP contribution in [0.1, 0.15) is 33.6 Å². The molecule has 0 saturated heterocycles. The quantitative estimate of drug-likeness (QED) is 0.467. The molecule has 0 aromatic rings. The molecule has 0 bridgehead atoms. The molecule has 0 saturated carbocycles. The van der Waals surface area contributed by atoms with Crippen molar-refractivity contribution in [2.45, 2.75) is 39.7 Å². The molecule has 0 spiro atoms. The van der Waals surface area contributed by atoms with E-state index in [0.717, 1.165) is 12.8 Å². The molecule has 1 atom stereocenters. The lowest BCUT2D eigenvalue weighted by Gasteiger charge is -2.14. The van der Waals surface area contributed by atoms with Crippen LogP contribution in [0.3, 0.4) is 0 Å². The van der Waals surface area contributed by atoms with E-state index in [4.69, 9.17) is 9.47 Å². The first kappa shape index (κ1) is 13.2. The van der Waals surface area contributed by atoms with E-state index in [1.54, 1.807) is 6.92 Å². The highest BCUT2D eigenvalue weighted by Gasteiger charge is 2.18. The number of rotatable bonds is 7. The van der Waals surface area contributed by atoms with E-state index in [9.17, 15) is 4.79 Å². The summed E-state index contributed by atoms with van der Waals surface area (Å²) in [7, 11) is 0. The Morgan fingerprint density at radius 2 is 2.14 bits per heavy atom. The highest BCUT2D eigenvalue weighted by atomic mass is 16.6. The van der Waals surface area contributed by atoms with E-state index in [1.165, 1.54) is 0 Å². The van der Waals surface area contributed by atoms with Gasteiger partial charge in [0, 0.05) is 0 Å². The van der Waals surface area contributed by atoms with Gasteiger partial charge >= 0.3 is 5.97 Å². The number of allylic oxidation sites excluding steroid dienone is 1. The first-order valence-corrected chi connectivity index (χ1v) is 5.15. The summed E-state index contributed by atoms with van der Waals surface area (Å²) < 4.78 is 10.3. The van der Waals surface area contributed by atoms with Crippen LogP contribution in [0.5, 0.6) is 0 Å². The lowest BCUT2D eigenvalue weighted by molar-refractivity contribution is -0.156. The smallest absolute Gasteiger partial charge is 0.335 e. The highest BCUT2D eigenvalue weighted by molar-refractivity contribution is 5.74. The third kappa shape index (κ3) is 5.75. The maximum atomic E-state index is 11.4. The molecule has 0 rings (SSSR count). The van der Waals surface area contributed by atoms with E-state index >= 15 is 0 Å². The zero-order valence-electron chi connectivity index (χ0n) is 9.29. The topological polar surface area (TPSA) is 35.5 Å². The first-order chi connectivity index (χ1) is 6.76. The molecule has 0 amide bonds. The van der Waals surface area contributed by atoms with Crippen LogP contribution in [0.25, 0.3) is 0 Å². The molecule has 0 aromatic carbocycles. The number of hydrogen-bond donors (Lipinski definition) is 0. The standard InChI is InChI=1S/C11H20O3/c1-4-7-9-14-10(8-5-2)11(12)13-6-3/h4,7,10H,5-6,8-9H2,1-3H3/b7-4+. The van der Waals surface area contributed by atoms with Gasteiger partial charge in [0.05, 0.1) is 13.2 Å². The van der Waals surface area contributed by atoms with Crippen molar-refractivity contribution in [1.29, 1.82) is 0 Å². The second-order valence-corrected chi connectivity index (χ2v) is 2.93. The van der Waals surface area contributed by atoms with Crippen molar-refractivity contribution in [1.82, 2.24) is 0 Å². The normalized spacial score (nSPS) is 13.1. The summed E-state index contributed by atoms with van der Waals surface area (Å²) in [4.78, 5) is 11.4. The van der Waals surface area contributed by atoms with Gasteiger partial charge in [-0.1, -0.05) is 25.5 Å². The van der Waals surface area contributed by atoms with Gasteiger partial charge < -0.3 is 9.47 Å². The fourth-order valence-electron chi connectivity index (χ4n) is 1.03. The Kier molecular flexibility index (Phi) is 8.24. The van der Waals surface area contributed by atoms with Gasteiger partial charge in [-0.15, -0.1) is 0 Å². The zero-order valence-corrected chi connectivity index (χ0v) is 9.29. The van der Waals surface area contributed by atoms with E-state index < -0.39 is 6.10 Å². The van der Waals surface area contributed by atoms with Gasteiger partial charge in [0.2, 0.25) is 0 Å². The van der Waals surface area contributed by atoms with Gasteiger partial charge in [-0.3, -0.25) is 0 Å². The Bertz CT molecular complexity index is 175. The van der Waals surface area contributed by atoms with Gasteiger partial charge in [0.15, 0.2) is 6.10 Å². The summed E-state index contributed by atoms with van der Waals surface area (Å²) in [5.74, 6) is -0.251. The Labute approximate surface area is 86.1 Å². The minimum atomic E-state index is -0.406. The van der Waals surface area contributed by atoms with Gasteiger partial charge in [-0.05, 0) is 20.3 Å². The predicted molar refractivity (Wildman–Crippen MR) is 56.1 cm³/mol. The fourth-order valence-corrected chi connectivity index (χ4v) is 1.03. The van der Waals surface area contributed by atoms with Crippen LogP contribution in [0.15, 0.2) is 12.2 Å². The van der Waals surface area contributed by atoms with Crippen LogP contribution in [-0.4, -0.2) is 25.3 Å². The molecule has 0 aromatic heterocycles. The van der Waals surface area contributed by atoms with E-state index in [1.807, 2.05) is 26.0 Å². The van der Waals surface area contributed by atoms with E-state index in [-0.39, 0.29) is 5.97 Å². The minimum absolute atomic E-state index is 0.251. The molecule has 3 heteroatoms. The molecule has 3 nitrogen and oxygen atoms in total. The number of ether oxygens (including phenoxy) is 2. The molecule has 0 aliphatic carbocycles. The molecule has 14 heavy (non-hydrogen) atoms. The molecule has 0 aliphatic heterocycles. The summed E-state index contributed by atoms with van der Waals surface area (Å²) in [6.07, 6.45) is 5.00. The van der Waals surface area contributed by atoms with Crippen LogP contribution in [0, 0.1) is 0 Å². The van der Waals surface area contributed by atoms with Gasteiger partial charge in [-0.25, -0.2) is 4.79 Å². The molecule has 82 valence electrons. The summed E-state index contributed by atoms with van der Waals surface area (Å²) in [6.45, 7) is 6.62. The first-order valence-electron chi connectivity index (χ1n) is 5.15. The maximum Gasteiger partial charge on any atom is 0.335 e. The van der Waals surface area contributed by atoms with Crippen LogP contribution in [0.4, 0.5) is 0 Å². The molecule has 1 unspecified atom stereocenters. The minimum Gasteiger partial charge on any atom is -0.464 e. The van der Waals surface area contributed by atoms with E-state index in [0.29, 0.717) is 13.2 Å². The van der Waals surface area contributed by atoms with Crippen LogP contribution < -0.4 is 0 Å². The second-order valence-electron chi connectivity index (χ2n) is 2.93. The monoisotopic (exact) mass is 200 g/mol. The molecular weight excluding hydrogens is 180 g/mol. The average molecular weight is 200 g/mol. The number of esters is 1. The fraction of sp³-hybridized carbons (Fsp3) is 0.727. The predicted octanol–water partition coefficient (Wildman–Crippen LogP) is 2.31. The van der Waals surface area contributed by atoms with Crippen molar-refractivity contribution in [2.75, 3.05) is 13.2 Å². The SMILES string of the molecule is C/C=C/COC(CCC)C(=O)OCC. The molecular formula is C11H20O3. The third-order valence-electron chi connectivity index (χ3n) is 1.73. The van der Waals surface area contributed by atoms with E-state index in [2.05, 4.69) is 0 Å². The van der Waals surface area contributed by atoms with Crippen molar-refractivity contribution >= 4 is 5.97 Å². The largest absolute Gasteiger partial charge is 0.464 e. The Hall–Kier alpha value is -0.830. The lowest BCUT2D eigenvalue weighted by Crippen LogP contribution is -2.26. The molecule has 0 aliphatic rings. The number of hydrogen-bond acceptors (Lipinski definition) is 3. The van der Waals surface area contributed by atoms with Crippen LogP contribution in [0.2, 0.25) is 0 Å². The van der Waals surface area contributed by atoms with Crippen LogP contribution in [-0.2, 0) is 14.3 Å². The van der Waals surface area contributed by atoms with Crippen molar-refractivity contribution < 1.29 is 14.3 Å². The Balaban J connectivity index is 3.93. The Morgan fingerprint density at radius 1 is 1.43 bits per heavy atom.